The SMILES string of the molecule is Cc1nnc2n1-c1ccc(-c3ccco3)cc1C(c1ccccc1F)=NC2NC(=O)OCc1ccccc1. The number of nitrogens with zero attached hydrogens (tertiary/aromatic N) is 4. The Morgan fingerprint density at radius 1 is 1.00 bits per heavy atom. The summed E-state index contributed by atoms with van der Waals surface area (Å²) in [5.41, 5.74) is 3.60. The van der Waals surface area contributed by atoms with Crippen LogP contribution in [0.15, 0.2) is 101 Å². The van der Waals surface area contributed by atoms with Crippen LogP contribution in [0.1, 0.15) is 34.5 Å². The lowest BCUT2D eigenvalue weighted by atomic mass is 9.97. The summed E-state index contributed by atoms with van der Waals surface area (Å²) in [7, 11) is 0. The van der Waals surface area contributed by atoms with Crippen molar-refractivity contribution in [2.75, 3.05) is 0 Å². The van der Waals surface area contributed by atoms with Crippen molar-refractivity contribution in [1.82, 2.24) is 20.1 Å². The molecular weight excluding hydrogens is 485 g/mol. The predicted octanol–water partition coefficient (Wildman–Crippen LogP) is 5.75. The third kappa shape index (κ3) is 4.34. The van der Waals surface area contributed by atoms with Crippen molar-refractivity contribution in [2.24, 2.45) is 4.99 Å². The zero-order valence-electron chi connectivity index (χ0n) is 20.3. The van der Waals surface area contributed by atoms with Gasteiger partial charge in [0.2, 0.25) is 0 Å². The van der Waals surface area contributed by atoms with Crippen molar-refractivity contribution >= 4 is 11.8 Å². The van der Waals surface area contributed by atoms with E-state index in [9.17, 15) is 4.79 Å². The van der Waals surface area contributed by atoms with E-state index in [0.717, 1.165) is 11.1 Å². The van der Waals surface area contributed by atoms with Gasteiger partial charge in [0, 0.05) is 16.7 Å². The summed E-state index contributed by atoms with van der Waals surface area (Å²) in [6, 6.07) is 25.1. The second-order valence-corrected chi connectivity index (χ2v) is 8.72. The zero-order valence-corrected chi connectivity index (χ0v) is 20.3. The first-order valence-electron chi connectivity index (χ1n) is 12.0. The molecule has 188 valence electrons. The molecule has 9 heteroatoms. The number of amides is 1. The van der Waals surface area contributed by atoms with Gasteiger partial charge in [-0.05, 0) is 55.0 Å². The van der Waals surface area contributed by atoms with Crippen molar-refractivity contribution < 1.29 is 18.3 Å². The quantitative estimate of drug-likeness (QED) is 0.327. The fourth-order valence-electron chi connectivity index (χ4n) is 4.47. The van der Waals surface area contributed by atoms with Gasteiger partial charge in [-0.2, -0.15) is 0 Å². The summed E-state index contributed by atoms with van der Waals surface area (Å²) in [6.45, 7) is 1.89. The number of halogens is 1. The highest BCUT2D eigenvalue weighted by molar-refractivity contribution is 6.16. The predicted molar refractivity (Wildman–Crippen MR) is 138 cm³/mol. The number of fused-ring (bicyclic) bond motifs is 3. The molecule has 8 nitrogen and oxygen atoms in total. The number of hydrogen-bond acceptors (Lipinski definition) is 6. The van der Waals surface area contributed by atoms with Crippen molar-refractivity contribution in [3.05, 3.63) is 125 Å². The normalized spacial score (nSPS) is 14.2. The molecule has 1 N–H and O–H groups in total. The Morgan fingerprint density at radius 3 is 2.61 bits per heavy atom. The summed E-state index contributed by atoms with van der Waals surface area (Å²) in [6.07, 6.45) is -0.0888. The fraction of sp³-hybridized carbons (Fsp3) is 0.103. The number of aromatic nitrogens is 3. The van der Waals surface area contributed by atoms with Crippen molar-refractivity contribution in [3.8, 4) is 17.0 Å². The molecule has 5 aromatic rings. The van der Waals surface area contributed by atoms with Crippen LogP contribution < -0.4 is 5.32 Å². The maximum Gasteiger partial charge on any atom is 0.409 e. The summed E-state index contributed by atoms with van der Waals surface area (Å²) >= 11 is 0. The van der Waals surface area contributed by atoms with Crippen molar-refractivity contribution in [1.29, 1.82) is 0 Å². The monoisotopic (exact) mass is 507 g/mol. The van der Waals surface area contributed by atoms with E-state index in [1.54, 1.807) is 42.0 Å². The largest absolute Gasteiger partial charge is 0.464 e. The second kappa shape index (κ2) is 9.78. The van der Waals surface area contributed by atoms with Crippen LogP contribution in [0.5, 0.6) is 0 Å². The van der Waals surface area contributed by atoms with Gasteiger partial charge in [-0.15, -0.1) is 10.2 Å². The first-order valence-corrected chi connectivity index (χ1v) is 12.0. The number of rotatable bonds is 5. The molecule has 1 aliphatic rings. The summed E-state index contributed by atoms with van der Waals surface area (Å²) in [5.74, 6) is 1.17. The number of carbonyl (C=O) groups is 1. The van der Waals surface area contributed by atoms with Crippen LogP contribution in [-0.4, -0.2) is 26.6 Å². The molecule has 2 aromatic heterocycles. The van der Waals surface area contributed by atoms with Crippen LogP contribution in [0.3, 0.4) is 0 Å². The Balaban J connectivity index is 1.46. The molecular formula is C29H22FN5O3. The van der Waals surface area contributed by atoms with Gasteiger partial charge in [0.25, 0.3) is 0 Å². The molecule has 0 saturated heterocycles. The van der Waals surface area contributed by atoms with Crippen LogP contribution >= 0.6 is 0 Å². The average molecular weight is 508 g/mol. The van der Waals surface area contributed by atoms with E-state index in [0.29, 0.717) is 34.4 Å². The molecule has 3 aromatic carbocycles. The molecule has 6 rings (SSSR count). The molecule has 0 fully saturated rings. The first kappa shape index (κ1) is 23.4. The first-order chi connectivity index (χ1) is 18.6. The maximum atomic E-state index is 15.2. The number of ether oxygens (including phenoxy) is 1. The van der Waals surface area contributed by atoms with E-state index in [2.05, 4.69) is 15.5 Å². The Labute approximate surface area is 217 Å². The van der Waals surface area contributed by atoms with Crippen LogP contribution in [0.25, 0.3) is 17.0 Å². The molecule has 1 unspecified atom stereocenters. The third-order valence-corrected chi connectivity index (χ3v) is 6.25. The van der Waals surface area contributed by atoms with Crippen molar-refractivity contribution in [3.63, 3.8) is 0 Å². The van der Waals surface area contributed by atoms with Gasteiger partial charge in [-0.3, -0.25) is 14.9 Å². The number of aliphatic imine (C=N–C) groups is 1. The molecule has 3 heterocycles. The number of aryl methyl sites for hydroxylation is 1. The number of hydrogen-bond donors (Lipinski definition) is 1. The lowest BCUT2D eigenvalue weighted by Crippen LogP contribution is -2.30. The third-order valence-electron chi connectivity index (χ3n) is 6.25. The summed E-state index contributed by atoms with van der Waals surface area (Å²) in [4.78, 5) is 17.7. The minimum absolute atomic E-state index is 0.0850. The van der Waals surface area contributed by atoms with Gasteiger partial charge in [-0.25, -0.2) is 9.18 Å². The van der Waals surface area contributed by atoms with E-state index in [1.807, 2.05) is 54.6 Å². The van der Waals surface area contributed by atoms with E-state index in [-0.39, 0.29) is 12.2 Å². The Morgan fingerprint density at radius 2 is 1.82 bits per heavy atom. The second-order valence-electron chi connectivity index (χ2n) is 8.72. The molecule has 0 spiro atoms. The molecule has 0 radical (unpaired) electrons. The smallest absolute Gasteiger partial charge is 0.409 e. The molecule has 1 aliphatic heterocycles. The molecule has 38 heavy (non-hydrogen) atoms. The zero-order chi connectivity index (χ0) is 26.1. The van der Waals surface area contributed by atoms with Crippen LogP contribution in [0.2, 0.25) is 0 Å². The molecule has 0 saturated carbocycles. The van der Waals surface area contributed by atoms with Gasteiger partial charge >= 0.3 is 6.09 Å². The van der Waals surface area contributed by atoms with Gasteiger partial charge in [0.05, 0.1) is 17.7 Å². The van der Waals surface area contributed by atoms with Crippen molar-refractivity contribution in [2.45, 2.75) is 19.7 Å². The van der Waals surface area contributed by atoms with E-state index in [1.165, 1.54) is 6.07 Å². The maximum absolute atomic E-state index is 15.2. The molecule has 1 amide bonds. The topological polar surface area (TPSA) is 94.5 Å². The standard InChI is InChI=1S/C29H22FN5O3/c1-18-33-34-28-27(32-29(36)38-17-19-8-3-2-4-9-19)31-26(21-10-5-6-11-23(21)30)22-16-20(25-12-7-15-37-25)13-14-24(22)35(18)28/h2-16,27H,17H2,1H3,(H,32,36). The molecule has 0 aliphatic carbocycles. The summed E-state index contributed by atoms with van der Waals surface area (Å²) in [5, 5.41) is 11.3. The van der Waals surface area contributed by atoms with Gasteiger partial charge < -0.3 is 9.15 Å². The molecule has 1 atom stereocenters. The molecule has 0 bridgehead atoms. The highest BCUT2D eigenvalue weighted by Crippen LogP contribution is 2.33. The number of nitrogens with one attached hydrogen (secondary N) is 1. The van der Waals surface area contributed by atoms with Crippen LogP contribution in [-0.2, 0) is 11.3 Å². The van der Waals surface area contributed by atoms with Crippen LogP contribution in [0, 0.1) is 12.7 Å². The van der Waals surface area contributed by atoms with E-state index >= 15 is 4.39 Å². The minimum atomic E-state index is -0.992. The van der Waals surface area contributed by atoms with Gasteiger partial charge in [-0.1, -0.05) is 42.5 Å². The Bertz CT molecular complexity index is 1640. The minimum Gasteiger partial charge on any atom is -0.464 e. The Hall–Kier alpha value is -5.05. The average Bonchev–Trinajstić information content (AvgIpc) is 3.58. The van der Waals surface area contributed by atoms with Gasteiger partial charge in [0.15, 0.2) is 12.0 Å². The highest BCUT2D eigenvalue weighted by Gasteiger charge is 2.30. The lowest BCUT2D eigenvalue weighted by Gasteiger charge is -2.14. The van der Waals surface area contributed by atoms with Gasteiger partial charge in [0.1, 0.15) is 24.0 Å². The summed E-state index contributed by atoms with van der Waals surface area (Å²) < 4.78 is 28.0. The number of furan rings is 1. The van der Waals surface area contributed by atoms with Crippen LogP contribution in [0.4, 0.5) is 9.18 Å². The fourth-order valence-corrected chi connectivity index (χ4v) is 4.47. The number of alkyl carbamates (subject to hydrolysis) is 1. The highest BCUT2D eigenvalue weighted by atomic mass is 19.1. The van der Waals surface area contributed by atoms with E-state index in [4.69, 9.17) is 14.1 Å². The van der Waals surface area contributed by atoms with E-state index < -0.39 is 18.1 Å². The lowest BCUT2D eigenvalue weighted by molar-refractivity contribution is 0.135. The Kier molecular flexibility index (Phi) is 6.01. The number of carbonyl (C=O) groups excluding carboxylic acids is 1. The number of benzene rings is 3.